The predicted molar refractivity (Wildman–Crippen MR) is 85.1 cm³/mol. The topological polar surface area (TPSA) is 94.6 Å². The Morgan fingerprint density at radius 3 is 2.83 bits per heavy atom. The monoisotopic (exact) mass is 316 g/mol. The van der Waals surface area contributed by atoms with E-state index in [0.717, 1.165) is 18.6 Å². The molecule has 0 saturated carbocycles. The Bertz CT molecular complexity index is 652. The zero-order valence-corrected chi connectivity index (χ0v) is 13.0. The Kier molecular flexibility index (Phi) is 5.80. The maximum atomic E-state index is 11.9. The first-order valence-electron chi connectivity index (χ1n) is 7.39. The van der Waals surface area contributed by atoms with Crippen molar-refractivity contribution in [3.63, 3.8) is 0 Å². The normalized spacial score (nSPS) is 11.7. The van der Waals surface area contributed by atoms with Crippen molar-refractivity contribution in [2.45, 2.75) is 25.8 Å². The summed E-state index contributed by atoms with van der Waals surface area (Å²) in [5.41, 5.74) is 5.54. The van der Waals surface area contributed by atoms with E-state index in [4.69, 9.17) is 14.9 Å². The number of amides is 2. The number of furan rings is 1. The maximum Gasteiger partial charge on any atom is 0.258 e. The van der Waals surface area contributed by atoms with Gasteiger partial charge in [-0.2, -0.15) is 0 Å². The van der Waals surface area contributed by atoms with Gasteiger partial charge in [-0.25, -0.2) is 0 Å². The predicted octanol–water partition coefficient (Wildman–Crippen LogP) is 1.89. The Balaban J connectivity index is 1.74. The molecule has 0 aliphatic rings. The second kappa shape index (κ2) is 8.03. The lowest BCUT2D eigenvalue weighted by Crippen LogP contribution is -2.36. The van der Waals surface area contributed by atoms with Crippen LogP contribution in [-0.2, 0) is 11.2 Å². The van der Waals surface area contributed by atoms with Crippen molar-refractivity contribution in [2.24, 2.45) is 5.73 Å². The summed E-state index contributed by atoms with van der Waals surface area (Å²) in [6.45, 7) is 1.81. The molecule has 6 nitrogen and oxygen atoms in total. The number of carbonyl (C=O) groups is 2. The molecule has 2 amide bonds. The van der Waals surface area contributed by atoms with Crippen LogP contribution in [0.1, 0.15) is 29.5 Å². The summed E-state index contributed by atoms with van der Waals surface area (Å²) in [6, 6.07) is 10.2. The molecule has 2 rings (SSSR count). The van der Waals surface area contributed by atoms with Crippen molar-refractivity contribution in [3.8, 4) is 5.75 Å². The van der Waals surface area contributed by atoms with Gasteiger partial charge in [-0.05, 0) is 43.7 Å². The third-order valence-corrected chi connectivity index (χ3v) is 3.30. The van der Waals surface area contributed by atoms with Crippen molar-refractivity contribution in [1.29, 1.82) is 0 Å². The summed E-state index contributed by atoms with van der Waals surface area (Å²) >= 11 is 0. The van der Waals surface area contributed by atoms with Gasteiger partial charge in [0.1, 0.15) is 11.5 Å². The molecule has 0 aliphatic carbocycles. The van der Waals surface area contributed by atoms with E-state index in [9.17, 15) is 9.59 Å². The van der Waals surface area contributed by atoms with Gasteiger partial charge in [0.15, 0.2) is 6.61 Å². The Hall–Kier alpha value is -2.76. The number of nitrogens with one attached hydrogen (secondary N) is 1. The lowest BCUT2D eigenvalue weighted by Gasteiger charge is -2.13. The summed E-state index contributed by atoms with van der Waals surface area (Å²) in [4.78, 5) is 22.9. The SMILES string of the molecule is C[C@H](CCc1ccco1)NC(=O)COc1cccc(C(N)=O)c1. The van der Waals surface area contributed by atoms with Crippen LogP contribution in [0.25, 0.3) is 0 Å². The van der Waals surface area contributed by atoms with E-state index in [1.807, 2.05) is 19.1 Å². The number of carbonyl (C=O) groups excluding carboxylic acids is 2. The molecule has 6 heteroatoms. The Morgan fingerprint density at radius 2 is 2.13 bits per heavy atom. The van der Waals surface area contributed by atoms with Gasteiger partial charge in [0.2, 0.25) is 5.91 Å². The molecule has 1 aromatic heterocycles. The number of primary amides is 1. The number of rotatable bonds is 8. The molecular weight excluding hydrogens is 296 g/mol. The van der Waals surface area contributed by atoms with Crippen molar-refractivity contribution in [1.82, 2.24) is 5.32 Å². The highest BCUT2D eigenvalue weighted by Gasteiger charge is 2.10. The molecule has 0 aliphatic heterocycles. The van der Waals surface area contributed by atoms with Gasteiger partial charge >= 0.3 is 0 Å². The van der Waals surface area contributed by atoms with Crippen molar-refractivity contribution in [2.75, 3.05) is 6.61 Å². The zero-order valence-electron chi connectivity index (χ0n) is 13.0. The minimum Gasteiger partial charge on any atom is -0.484 e. The largest absolute Gasteiger partial charge is 0.484 e. The fourth-order valence-electron chi connectivity index (χ4n) is 2.09. The molecule has 0 unspecified atom stereocenters. The van der Waals surface area contributed by atoms with E-state index in [2.05, 4.69) is 5.32 Å². The molecule has 1 heterocycles. The Morgan fingerprint density at radius 1 is 1.30 bits per heavy atom. The summed E-state index contributed by atoms with van der Waals surface area (Å²) in [6.07, 6.45) is 3.17. The first-order chi connectivity index (χ1) is 11.0. The number of hydrogen-bond donors (Lipinski definition) is 2. The Labute approximate surface area is 134 Å². The number of benzene rings is 1. The molecule has 1 aromatic carbocycles. The average molecular weight is 316 g/mol. The van der Waals surface area contributed by atoms with Crippen molar-refractivity contribution in [3.05, 3.63) is 54.0 Å². The van der Waals surface area contributed by atoms with Gasteiger partial charge in [0.25, 0.3) is 5.91 Å². The summed E-state index contributed by atoms with van der Waals surface area (Å²) in [5.74, 6) is 0.568. The molecule has 2 aromatic rings. The molecule has 0 spiro atoms. The lowest BCUT2D eigenvalue weighted by molar-refractivity contribution is -0.123. The fourth-order valence-corrected chi connectivity index (χ4v) is 2.09. The number of aryl methyl sites for hydroxylation is 1. The molecular formula is C17H20N2O4. The molecule has 1 atom stereocenters. The average Bonchev–Trinajstić information content (AvgIpc) is 3.04. The van der Waals surface area contributed by atoms with Gasteiger partial charge in [-0.3, -0.25) is 9.59 Å². The van der Waals surface area contributed by atoms with Crippen LogP contribution in [0.2, 0.25) is 0 Å². The van der Waals surface area contributed by atoms with Crippen LogP contribution >= 0.6 is 0 Å². The first kappa shape index (κ1) is 16.6. The van der Waals surface area contributed by atoms with E-state index in [1.54, 1.807) is 24.5 Å². The summed E-state index contributed by atoms with van der Waals surface area (Å²) in [5, 5.41) is 2.85. The van der Waals surface area contributed by atoms with E-state index in [1.165, 1.54) is 6.07 Å². The molecule has 0 radical (unpaired) electrons. The molecule has 0 bridgehead atoms. The molecule has 122 valence electrons. The van der Waals surface area contributed by atoms with Crippen LogP contribution in [0, 0.1) is 0 Å². The highest BCUT2D eigenvalue weighted by Crippen LogP contribution is 2.12. The van der Waals surface area contributed by atoms with E-state index < -0.39 is 5.91 Å². The smallest absolute Gasteiger partial charge is 0.258 e. The minimum absolute atomic E-state index is 0.00755. The quantitative estimate of drug-likeness (QED) is 0.777. The first-order valence-corrected chi connectivity index (χ1v) is 7.39. The second-order valence-corrected chi connectivity index (χ2v) is 5.27. The number of hydrogen-bond acceptors (Lipinski definition) is 4. The molecule has 23 heavy (non-hydrogen) atoms. The summed E-state index contributed by atoms with van der Waals surface area (Å²) in [7, 11) is 0. The van der Waals surface area contributed by atoms with Gasteiger partial charge in [0.05, 0.1) is 6.26 Å². The van der Waals surface area contributed by atoms with Gasteiger partial charge < -0.3 is 20.2 Å². The highest BCUT2D eigenvalue weighted by atomic mass is 16.5. The minimum atomic E-state index is -0.536. The third kappa shape index (κ3) is 5.50. The van der Waals surface area contributed by atoms with Gasteiger partial charge in [-0.1, -0.05) is 6.07 Å². The van der Waals surface area contributed by atoms with E-state index in [-0.39, 0.29) is 18.6 Å². The third-order valence-electron chi connectivity index (χ3n) is 3.30. The van der Waals surface area contributed by atoms with Crippen LogP contribution in [0.5, 0.6) is 5.75 Å². The van der Waals surface area contributed by atoms with E-state index >= 15 is 0 Å². The maximum absolute atomic E-state index is 11.9. The highest BCUT2D eigenvalue weighted by molar-refractivity contribution is 5.93. The lowest BCUT2D eigenvalue weighted by atomic mass is 10.1. The van der Waals surface area contributed by atoms with Crippen LogP contribution in [0.4, 0.5) is 0 Å². The van der Waals surface area contributed by atoms with E-state index in [0.29, 0.717) is 11.3 Å². The fraction of sp³-hybridized carbons (Fsp3) is 0.294. The van der Waals surface area contributed by atoms with Crippen LogP contribution in [0.3, 0.4) is 0 Å². The second-order valence-electron chi connectivity index (χ2n) is 5.27. The number of nitrogens with two attached hydrogens (primary N) is 1. The zero-order chi connectivity index (χ0) is 16.7. The molecule has 0 saturated heterocycles. The van der Waals surface area contributed by atoms with Gasteiger partial charge in [0, 0.05) is 18.0 Å². The number of ether oxygens (including phenoxy) is 1. The summed E-state index contributed by atoms with van der Waals surface area (Å²) < 4.78 is 10.6. The van der Waals surface area contributed by atoms with Crippen LogP contribution in [0.15, 0.2) is 47.1 Å². The van der Waals surface area contributed by atoms with Gasteiger partial charge in [-0.15, -0.1) is 0 Å². The van der Waals surface area contributed by atoms with Crippen molar-refractivity contribution >= 4 is 11.8 Å². The van der Waals surface area contributed by atoms with Crippen LogP contribution < -0.4 is 15.8 Å². The molecule has 0 fully saturated rings. The standard InChI is InChI=1S/C17H20N2O4/c1-12(7-8-14-6-3-9-22-14)19-16(20)11-23-15-5-2-4-13(10-15)17(18)21/h2-6,9-10,12H,7-8,11H2,1H3,(H2,18,21)(H,19,20)/t12-/m1/s1. The van der Waals surface area contributed by atoms with Crippen molar-refractivity contribution < 1.29 is 18.7 Å². The molecule has 3 N–H and O–H groups in total. The van der Waals surface area contributed by atoms with Crippen LogP contribution in [-0.4, -0.2) is 24.5 Å².